The lowest BCUT2D eigenvalue weighted by molar-refractivity contribution is 0.549. The number of rotatable bonds is 5. The zero-order chi connectivity index (χ0) is 22.7. The minimum atomic E-state index is -0.722. The summed E-state index contributed by atoms with van der Waals surface area (Å²) in [7, 11) is 0. The Morgan fingerprint density at radius 3 is 1.79 bits per heavy atom. The lowest BCUT2D eigenvalue weighted by atomic mass is 9.82. The molecular formula is C31H28N2. The summed E-state index contributed by atoms with van der Waals surface area (Å²) >= 11 is 0. The maximum absolute atomic E-state index is 7.28. The van der Waals surface area contributed by atoms with E-state index >= 15 is 0 Å². The van der Waals surface area contributed by atoms with Crippen LogP contribution in [0.5, 0.6) is 0 Å². The quantitative estimate of drug-likeness (QED) is 0.337. The van der Waals surface area contributed by atoms with Crippen LogP contribution in [0.15, 0.2) is 127 Å². The molecule has 0 aliphatic heterocycles. The second kappa shape index (κ2) is 8.93. The molecule has 1 atom stereocenters. The van der Waals surface area contributed by atoms with Crippen molar-refractivity contribution in [2.45, 2.75) is 19.0 Å². The first kappa shape index (κ1) is 21.0. The summed E-state index contributed by atoms with van der Waals surface area (Å²) in [5.41, 5.74) is 14.8. The van der Waals surface area contributed by atoms with Crippen molar-refractivity contribution in [3.8, 4) is 0 Å². The Balaban J connectivity index is 1.67. The largest absolute Gasteiger partial charge is 0.319 e. The predicted octanol–water partition coefficient (Wildman–Crippen LogP) is 7.36. The molecule has 0 heterocycles. The van der Waals surface area contributed by atoms with Gasteiger partial charge in [-0.2, -0.15) is 0 Å². The Kier molecular flexibility index (Phi) is 5.68. The molecule has 0 saturated heterocycles. The molecule has 0 amide bonds. The third kappa shape index (κ3) is 4.26. The number of aryl methyl sites for hydroxylation is 1. The fourth-order valence-electron chi connectivity index (χ4n) is 4.68. The van der Waals surface area contributed by atoms with E-state index in [9.17, 15) is 0 Å². The highest BCUT2D eigenvalue weighted by atomic mass is 15.3. The fraction of sp³-hybridized carbons (Fsp3) is 0.0968. The first-order valence-corrected chi connectivity index (χ1v) is 11.4. The van der Waals surface area contributed by atoms with Gasteiger partial charge < -0.3 is 10.6 Å². The van der Waals surface area contributed by atoms with E-state index < -0.39 is 5.66 Å². The summed E-state index contributed by atoms with van der Waals surface area (Å²) in [6, 6.07) is 40.1. The summed E-state index contributed by atoms with van der Waals surface area (Å²) < 4.78 is 0. The molecule has 4 aromatic rings. The van der Waals surface area contributed by atoms with Crippen LogP contribution in [0.25, 0.3) is 11.1 Å². The molecule has 0 saturated carbocycles. The van der Waals surface area contributed by atoms with E-state index in [4.69, 9.17) is 5.73 Å². The zero-order valence-electron chi connectivity index (χ0n) is 18.9. The van der Waals surface area contributed by atoms with Crippen molar-refractivity contribution in [3.05, 3.63) is 144 Å². The number of allylic oxidation sites excluding steroid dienone is 2. The van der Waals surface area contributed by atoms with Crippen LogP contribution in [0.3, 0.4) is 0 Å². The van der Waals surface area contributed by atoms with Gasteiger partial charge in [0.25, 0.3) is 0 Å². The summed E-state index contributed by atoms with van der Waals surface area (Å²) in [4.78, 5) is 2.25. The Bertz CT molecular complexity index is 1250. The van der Waals surface area contributed by atoms with E-state index in [1.54, 1.807) is 0 Å². The third-order valence-corrected chi connectivity index (χ3v) is 6.22. The minimum Gasteiger partial charge on any atom is -0.319 e. The van der Waals surface area contributed by atoms with Crippen LogP contribution >= 0.6 is 0 Å². The molecule has 0 aromatic heterocycles. The van der Waals surface area contributed by atoms with Crippen LogP contribution in [0, 0.1) is 6.92 Å². The first-order chi connectivity index (χ1) is 16.1. The molecule has 2 N–H and O–H groups in total. The molecule has 162 valence electrons. The van der Waals surface area contributed by atoms with Crippen molar-refractivity contribution in [2.75, 3.05) is 4.90 Å². The lowest BCUT2D eigenvalue weighted by Crippen LogP contribution is -2.53. The van der Waals surface area contributed by atoms with E-state index in [0.29, 0.717) is 6.42 Å². The van der Waals surface area contributed by atoms with Crippen LogP contribution in [0.2, 0.25) is 0 Å². The zero-order valence-corrected chi connectivity index (χ0v) is 18.9. The van der Waals surface area contributed by atoms with Crippen LogP contribution in [-0.2, 0) is 0 Å². The van der Waals surface area contributed by atoms with Gasteiger partial charge in [-0.15, -0.1) is 0 Å². The molecule has 0 spiro atoms. The van der Waals surface area contributed by atoms with Gasteiger partial charge in [0.1, 0.15) is 5.66 Å². The topological polar surface area (TPSA) is 29.3 Å². The second-order valence-electron chi connectivity index (χ2n) is 8.64. The van der Waals surface area contributed by atoms with Crippen LogP contribution in [0.1, 0.15) is 23.1 Å². The van der Waals surface area contributed by atoms with Crippen molar-refractivity contribution >= 4 is 22.5 Å². The molecule has 1 aliphatic rings. The predicted molar refractivity (Wildman–Crippen MR) is 140 cm³/mol. The number of hydrogen-bond acceptors (Lipinski definition) is 2. The summed E-state index contributed by atoms with van der Waals surface area (Å²) in [6.45, 7) is 2.14. The molecule has 4 aromatic carbocycles. The Morgan fingerprint density at radius 1 is 0.667 bits per heavy atom. The Morgan fingerprint density at radius 2 is 1.21 bits per heavy atom. The highest BCUT2D eigenvalue weighted by molar-refractivity contribution is 5.98. The molecule has 1 aliphatic carbocycles. The Hall–Kier alpha value is -3.88. The fourth-order valence-corrected chi connectivity index (χ4v) is 4.68. The monoisotopic (exact) mass is 428 g/mol. The van der Waals surface area contributed by atoms with Gasteiger partial charge in [-0.05, 0) is 59.5 Å². The number of nitrogens with zero attached hydrogens (tertiary/aromatic N) is 1. The summed E-state index contributed by atoms with van der Waals surface area (Å²) in [5, 5.41) is 0. The van der Waals surface area contributed by atoms with Gasteiger partial charge in [-0.25, -0.2) is 0 Å². The van der Waals surface area contributed by atoms with Gasteiger partial charge in [-0.3, -0.25) is 0 Å². The smallest absolute Gasteiger partial charge is 0.117 e. The van der Waals surface area contributed by atoms with E-state index in [2.05, 4.69) is 127 Å². The molecule has 0 fully saturated rings. The van der Waals surface area contributed by atoms with Crippen molar-refractivity contribution in [2.24, 2.45) is 5.73 Å². The highest BCUT2D eigenvalue weighted by Gasteiger charge is 2.36. The lowest BCUT2D eigenvalue weighted by Gasteiger charge is -2.43. The van der Waals surface area contributed by atoms with Gasteiger partial charge in [0, 0.05) is 17.8 Å². The van der Waals surface area contributed by atoms with Crippen LogP contribution in [0.4, 0.5) is 11.4 Å². The average Bonchev–Trinajstić information content (AvgIpc) is 2.86. The third-order valence-electron chi connectivity index (χ3n) is 6.22. The van der Waals surface area contributed by atoms with Gasteiger partial charge in [0.2, 0.25) is 0 Å². The molecular weight excluding hydrogens is 400 g/mol. The number of anilines is 2. The molecule has 0 bridgehead atoms. The highest BCUT2D eigenvalue weighted by Crippen LogP contribution is 2.43. The SMILES string of the molecule is Cc1cccc(C2=C(c3ccccc3)C=CC(N)(N(c3ccccc3)c3ccccc3)C2)c1. The van der Waals surface area contributed by atoms with Crippen molar-refractivity contribution in [3.63, 3.8) is 0 Å². The van der Waals surface area contributed by atoms with E-state index in [0.717, 1.165) is 11.4 Å². The standard InChI is InChI=1S/C31H28N2/c1-24-12-11-15-26(22-24)30-23-31(32,21-20-29(30)25-13-5-2-6-14-25)33(27-16-7-3-8-17-27)28-18-9-4-10-19-28/h2-22H,23,32H2,1H3. The molecule has 5 rings (SSSR count). The molecule has 1 unspecified atom stereocenters. The van der Waals surface area contributed by atoms with Crippen molar-refractivity contribution < 1.29 is 0 Å². The van der Waals surface area contributed by atoms with E-state index in [-0.39, 0.29) is 0 Å². The van der Waals surface area contributed by atoms with Crippen LogP contribution in [-0.4, -0.2) is 5.66 Å². The average molecular weight is 429 g/mol. The van der Waals surface area contributed by atoms with Crippen LogP contribution < -0.4 is 10.6 Å². The number of nitrogens with two attached hydrogens (primary N) is 1. The van der Waals surface area contributed by atoms with E-state index in [1.165, 1.54) is 27.8 Å². The maximum atomic E-state index is 7.28. The number of para-hydroxylation sites is 2. The van der Waals surface area contributed by atoms with Gasteiger partial charge >= 0.3 is 0 Å². The Labute approximate surface area is 196 Å². The van der Waals surface area contributed by atoms with Gasteiger partial charge in [0.15, 0.2) is 0 Å². The van der Waals surface area contributed by atoms with Gasteiger partial charge in [0.05, 0.1) is 0 Å². The van der Waals surface area contributed by atoms with Gasteiger partial charge in [-0.1, -0.05) is 103 Å². The molecule has 2 nitrogen and oxygen atoms in total. The number of hydrogen-bond donors (Lipinski definition) is 1. The minimum absolute atomic E-state index is 0.682. The summed E-state index contributed by atoms with van der Waals surface area (Å²) in [5.74, 6) is 0. The van der Waals surface area contributed by atoms with Crippen molar-refractivity contribution in [1.29, 1.82) is 0 Å². The van der Waals surface area contributed by atoms with E-state index in [1.807, 2.05) is 12.1 Å². The van der Waals surface area contributed by atoms with Crippen molar-refractivity contribution in [1.82, 2.24) is 0 Å². The first-order valence-electron chi connectivity index (χ1n) is 11.4. The molecule has 2 heteroatoms. The molecule has 0 radical (unpaired) electrons. The summed E-state index contributed by atoms with van der Waals surface area (Å²) in [6.07, 6.45) is 5.05. The maximum Gasteiger partial charge on any atom is 0.117 e. The second-order valence-corrected chi connectivity index (χ2v) is 8.64. The molecule has 33 heavy (non-hydrogen) atoms. The normalized spacial score (nSPS) is 17.8. The number of benzene rings is 4.